The normalized spacial score (nSPS) is 17.5. The summed E-state index contributed by atoms with van der Waals surface area (Å²) in [6.07, 6.45) is 5.38. The van der Waals surface area contributed by atoms with Gasteiger partial charge in [-0.3, -0.25) is 0 Å². The molecule has 118 valence electrons. The second-order valence-electron chi connectivity index (χ2n) is 6.36. The van der Waals surface area contributed by atoms with Gasteiger partial charge in [0.05, 0.1) is 13.2 Å². The van der Waals surface area contributed by atoms with Gasteiger partial charge in [-0.05, 0) is 63.1 Å². The zero-order valence-corrected chi connectivity index (χ0v) is 13.6. The van der Waals surface area contributed by atoms with Crippen LogP contribution in [0.5, 0.6) is 5.75 Å². The third-order valence-electron chi connectivity index (χ3n) is 4.68. The number of aliphatic hydroxyl groups excluding tert-OH is 1. The summed E-state index contributed by atoms with van der Waals surface area (Å²) in [5, 5.41) is 13.4. The van der Waals surface area contributed by atoms with Crippen LogP contribution in [0, 0.1) is 13.8 Å². The molecular formula is C18H29NO2. The van der Waals surface area contributed by atoms with E-state index in [1.54, 1.807) is 0 Å². The fraction of sp³-hybridized carbons (Fsp3) is 0.667. The monoisotopic (exact) mass is 291 g/mol. The molecule has 0 amide bonds. The maximum absolute atomic E-state index is 9.75. The van der Waals surface area contributed by atoms with E-state index in [0.717, 1.165) is 25.0 Å². The third-order valence-corrected chi connectivity index (χ3v) is 4.68. The Balaban J connectivity index is 1.80. The molecule has 1 aliphatic rings. The van der Waals surface area contributed by atoms with Crippen molar-refractivity contribution in [2.45, 2.75) is 64.5 Å². The minimum atomic E-state index is -0.119. The third kappa shape index (κ3) is 4.45. The van der Waals surface area contributed by atoms with Crippen molar-refractivity contribution in [1.82, 2.24) is 5.32 Å². The average Bonchev–Trinajstić information content (AvgIpc) is 3.30. The van der Waals surface area contributed by atoms with E-state index in [1.807, 2.05) is 12.1 Å². The molecule has 2 rings (SSSR count). The minimum absolute atomic E-state index is 0.119. The number of nitrogens with one attached hydrogen (secondary N) is 1. The van der Waals surface area contributed by atoms with Crippen LogP contribution in [-0.2, 0) is 0 Å². The van der Waals surface area contributed by atoms with E-state index >= 15 is 0 Å². The van der Waals surface area contributed by atoms with Crippen molar-refractivity contribution >= 4 is 0 Å². The molecule has 0 aliphatic heterocycles. The van der Waals surface area contributed by atoms with Gasteiger partial charge in [0.25, 0.3) is 0 Å². The molecule has 0 bridgehead atoms. The van der Waals surface area contributed by atoms with E-state index in [0.29, 0.717) is 12.6 Å². The van der Waals surface area contributed by atoms with Crippen LogP contribution in [0.15, 0.2) is 18.2 Å². The quantitative estimate of drug-likeness (QED) is 0.686. The Morgan fingerprint density at radius 1 is 1.33 bits per heavy atom. The summed E-state index contributed by atoms with van der Waals surface area (Å²) in [6, 6.07) is 6.80. The summed E-state index contributed by atoms with van der Waals surface area (Å²) in [7, 11) is 0. The number of aliphatic hydroxyl groups is 1. The SMILES string of the molecule is CCC(CO)(CCCOc1cccc(C)c1C)NC1CC1. The number of ether oxygens (including phenoxy) is 1. The standard InChI is InChI=1S/C18H29NO2/c1-4-18(13-20,19-16-9-10-16)11-6-12-21-17-8-5-7-14(2)15(17)3/h5,7-8,16,19-20H,4,6,9-13H2,1-3H3. The predicted octanol–water partition coefficient (Wildman–Crippen LogP) is 3.36. The fourth-order valence-corrected chi connectivity index (χ4v) is 2.72. The van der Waals surface area contributed by atoms with Gasteiger partial charge in [0.2, 0.25) is 0 Å². The Morgan fingerprint density at radius 2 is 2.10 bits per heavy atom. The molecule has 1 aromatic rings. The predicted molar refractivity (Wildman–Crippen MR) is 86.9 cm³/mol. The van der Waals surface area contributed by atoms with Gasteiger partial charge < -0.3 is 15.2 Å². The molecule has 0 spiro atoms. The molecule has 2 N–H and O–H groups in total. The number of hydrogen-bond donors (Lipinski definition) is 2. The molecule has 1 unspecified atom stereocenters. The van der Waals surface area contributed by atoms with Gasteiger partial charge in [0.15, 0.2) is 0 Å². The van der Waals surface area contributed by atoms with Crippen LogP contribution >= 0.6 is 0 Å². The molecule has 1 saturated carbocycles. The van der Waals surface area contributed by atoms with Crippen LogP contribution in [0.25, 0.3) is 0 Å². The van der Waals surface area contributed by atoms with Crippen LogP contribution in [0.1, 0.15) is 50.2 Å². The summed E-state index contributed by atoms with van der Waals surface area (Å²) < 4.78 is 5.91. The van der Waals surface area contributed by atoms with Crippen molar-refractivity contribution in [3.63, 3.8) is 0 Å². The highest BCUT2D eigenvalue weighted by atomic mass is 16.5. The Kier molecular flexibility index (Phi) is 5.65. The Bertz CT molecular complexity index is 451. The molecule has 0 radical (unpaired) electrons. The molecule has 21 heavy (non-hydrogen) atoms. The summed E-state index contributed by atoms with van der Waals surface area (Å²) in [5.74, 6) is 0.983. The minimum Gasteiger partial charge on any atom is -0.493 e. The van der Waals surface area contributed by atoms with Crippen molar-refractivity contribution < 1.29 is 9.84 Å². The second-order valence-corrected chi connectivity index (χ2v) is 6.36. The van der Waals surface area contributed by atoms with Crippen molar-refractivity contribution in [2.75, 3.05) is 13.2 Å². The van der Waals surface area contributed by atoms with Crippen molar-refractivity contribution in [3.05, 3.63) is 29.3 Å². The Labute approximate surface area is 128 Å². The van der Waals surface area contributed by atoms with E-state index in [2.05, 4.69) is 32.2 Å². The highest BCUT2D eigenvalue weighted by molar-refractivity contribution is 5.38. The average molecular weight is 291 g/mol. The van der Waals surface area contributed by atoms with Gasteiger partial charge in [-0.2, -0.15) is 0 Å². The highest BCUT2D eigenvalue weighted by Gasteiger charge is 2.33. The summed E-state index contributed by atoms with van der Waals surface area (Å²) in [5.41, 5.74) is 2.37. The van der Waals surface area contributed by atoms with Crippen molar-refractivity contribution in [1.29, 1.82) is 0 Å². The van der Waals surface area contributed by atoms with Crippen molar-refractivity contribution in [2.24, 2.45) is 0 Å². The van der Waals surface area contributed by atoms with E-state index < -0.39 is 0 Å². The topological polar surface area (TPSA) is 41.5 Å². The first kappa shape index (κ1) is 16.3. The molecule has 1 atom stereocenters. The molecule has 3 heteroatoms. The molecule has 1 aliphatic carbocycles. The smallest absolute Gasteiger partial charge is 0.122 e. The fourth-order valence-electron chi connectivity index (χ4n) is 2.72. The summed E-state index contributed by atoms with van der Waals surface area (Å²) in [4.78, 5) is 0. The van der Waals surface area contributed by atoms with Crippen molar-refractivity contribution in [3.8, 4) is 5.75 Å². The molecular weight excluding hydrogens is 262 g/mol. The van der Waals surface area contributed by atoms with Crippen LogP contribution in [0.4, 0.5) is 0 Å². The Hall–Kier alpha value is -1.06. The first-order valence-electron chi connectivity index (χ1n) is 8.18. The number of hydrogen-bond acceptors (Lipinski definition) is 3. The lowest BCUT2D eigenvalue weighted by Crippen LogP contribution is -2.49. The maximum Gasteiger partial charge on any atom is 0.122 e. The van der Waals surface area contributed by atoms with E-state index in [1.165, 1.54) is 24.0 Å². The Morgan fingerprint density at radius 3 is 2.71 bits per heavy atom. The number of benzene rings is 1. The zero-order chi connectivity index (χ0) is 15.3. The first-order chi connectivity index (χ1) is 10.1. The highest BCUT2D eigenvalue weighted by Crippen LogP contribution is 2.27. The van der Waals surface area contributed by atoms with Crippen LogP contribution < -0.4 is 10.1 Å². The lowest BCUT2D eigenvalue weighted by molar-refractivity contribution is 0.135. The van der Waals surface area contributed by atoms with E-state index in [9.17, 15) is 5.11 Å². The van der Waals surface area contributed by atoms with Gasteiger partial charge in [-0.1, -0.05) is 19.1 Å². The number of rotatable bonds is 9. The lowest BCUT2D eigenvalue weighted by Gasteiger charge is -2.32. The molecule has 1 fully saturated rings. The largest absolute Gasteiger partial charge is 0.493 e. The van der Waals surface area contributed by atoms with Gasteiger partial charge in [-0.25, -0.2) is 0 Å². The summed E-state index contributed by atoms with van der Waals surface area (Å²) >= 11 is 0. The molecule has 1 aromatic carbocycles. The van der Waals surface area contributed by atoms with Crippen LogP contribution in [0.2, 0.25) is 0 Å². The van der Waals surface area contributed by atoms with Crippen LogP contribution in [-0.4, -0.2) is 29.9 Å². The molecule has 0 heterocycles. The lowest BCUT2D eigenvalue weighted by atomic mass is 9.91. The maximum atomic E-state index is 9.75. The second kappa shape index (κ2) is 7.28. The first-order valence-corrected chi connectivity index (χ1v) is 8.18. The van der Waals surface area contributed by atoms with Gasteiger partial charge in [0, 0.05) is 11.6 Å². The molecule has 0 aromatic heterocycles. The van der Waals surface area contributed by atoms with Gasteiger partial charge in [0.1, 0.15) is 5.75 Å². The van der Waals surface area contributed by atoms with E-state index in [4.69, 9.17) is 4.74 Å². The van der Waals surface area contributed by atoms with Gasteiger partial charge >= 0.3 is 0 Å². The van der Waals surface area contributed by atoms with E-state index in [-0.39, 0.29) is 12.1 Å². The molecule has 3 nitrogen and oxygen atoms in total. The summed E-state index contributed by atoms with van der Waals surface area (Å²) in [6.45, 7) is 7.28. The van der Waals surface area contributed by atoms with Crippen LogP contribution in [0.3, 0.4) is 0 Å². The number of aryl methyl sites for hydroxylation is 1. The zero-order valence-electron chi connectivity index (χ0n) is 13.6. The van der Waals surface area contributed by atoms with Gasteiger partial charge in [-0.15, -0.1) is 0 Å². The molecule has 0 saturated heterocycles.